The fourth-order valence-electron chi connectivity index (χ4n) is 3.42. The zero-order chi connectivity index (χ0) is 19.8. The number of tetrazole rings is 1. The molecule has 1 aromatic heterocycles. The van der Waals surface area contributed by atoms with Crippen molar-refractivity contribution in [3.8, 4) is 0 Å². The summed E-state index contributed by atoms with van der Waals surface area (Å²) in [6, 6.07) is 8.46. The predicted octanol–water partition coefficient (Wildman–Crippen LogP) is 2.39. The molecule has 0 saturated carbocycles. The van der Waals surface area contributed by atoms with E-state index in [0.29, 0.717) is 24.7 Å². The molecule has 0 saturated heterocycles. The summed E-state index contributed by atoms with van der Waals surface area (Å²) in [4.78, 5) is 13.9. The Morgan fingerprint density at radius 1 is 1.30 bits per heavy atom. The van der Waals surface area contributed by atoms with Crippen molar-refractivity contribution in [3.63, 3.8) is 0 Å². The number of rotatable bonds is 11. The van der Waals surface area contributed by atoms with Crippen molar-refractivity contribution < 1.29 is 9.90 Å². The van der Waals surface area contributed by atoms with Crippen molar-refractivity contribution in [3.05, 3.63) is 35.7 Å². The molecule has 0 aliphatic rings. The van der Waals surface area contributed by atoms with Crippen LogP contribution in [0.3, 0.4) is 0 Å². The SMILES string of the molecule is CCCC(C(=O)O)C(Cc1ccc(NC(C)CN(C)C)cc1)c1nn[nH]n1. The summed E-state index contributed by atoms with van der Waals surface area (Å²) in [5.41, 5.74) is 2.10. The number of hydrogen-bond donors (Lipinski definition) is 3. The van der Waals surface area contributed by atoms with Crippen LogP contribution in [0.2, 0.25) is 0 Å². The van der Waals surface area contributed by atoms with Gasteiger partial charge in [-0.1, -0.05) is 30.7 Å². The normalized spacial score (nSPS) is 14.7. The molecular weight excluding hydrogens is 344 g/mol. The van der Waals surface area contributed by atoms with Crippen molar-refractivity contribution in [2.75, 3.05) is 26.0 Å². The average Bonchev–Trinajstić information content (AvgIpc) is 3.13. The number of nitrogens with zero attached hydrogens (tertiary/aromatic N) is 4. The highest BCUT2D eigenvalue weighted by Gasteiger charge is 2.31. The van der Waals surface area contributed by atoms with Gasteiger partial charge in [-0.05, 0) is 51.6 Å². The monoisotopic (exact) mass is 374 g/mol. The van der Waals surface area contributed by atoms with Gasteiger partial charge in [-0.15, -0.1) is 10.2 Å². The number of carboxylic acids is 1. The highest BCUT2D eigenvalue weighted by Crippen LogP contribution is 2.30. The Bertz CT molecular complexity index is 687. The quantitative estimate of drug-likeness (QED) is 0.554. The maximum atomic E-state index is 11.8. The second-order valence-corrected chi connectivity index (χ2v) is 7.32. The molecule has 3 N–H and O–H groups in total. The number of anilines is 1. The molecular formula is C19H30N6O2. The lowest BCUT2D eigenvalue weighted by Gasteiger charge is -2.22. The molecule has 0 bridgehead atoms. The first-order valence-electron chi connectivity index (χ1n) is 9.37. The Balaban J connectivity index is 2.12. The summed E-state index contributed by atoms with van der Waals surface area (Å²) in [5.74, 6) is -1.21. The number of nitrogens with one attached hydrogen (secondary N) is 2. The van der Waals surface area contributed by atoms with E-state index in [-0.39, 0.29) is 5.92 Å². The van der Waals surface area contributed by atoms with E-state index >= 15 is 0 Å². The Labute approximate surface area is 160 Å². The van der Waals surface area contributed by atoms with E-state index in [1.54, 1.807) is 0 Å². The lowest BCUT2D eigenvalue weighted by molar-refractivity contribution is -0.142. The lowest BCUT2D eigenvalue weighted by atomic mass is 9.83. The van der Waals surface area contributed by atoms with Crippen molar-refractivity contribution in [1.29, 1.82) is 0 Å². The number of likely N-dealkylation sites (N-methyl/N-ethyl adjacent to an activating group) is 1. The Hall–Kier alpha value is -2.48. The number of carbonyl (C=O) groups is 1. The third kappa shape index (κ3) is 6.32. The van der Waals surface area contributed by atoms with Gasteiger partial charge in [-0.25, -0.2) is 0 Å². The molecule has 27 heavy (non-hydrogen) atoms. The van der Waals surface area contributed by atoms with Gasteiger partial charge >= 0.3 is 5.97 Å². The van der Waals surface area contributed by atoms with Crippen LogP contribution < -0.4 is 5.32 Å². The molecule has 148 valence electrons. The molecule has 0 spiro atoms. The van der Waals surface area contributed by atoms with Gasteiger partial charge < -0.3 is 15.3 Å². The predicted molar refractivity (Wildman–Crippen MR) is 105 cm³/mol. The number of aromatic amines is 1. The molecule has 8 heteroatoms. The van der Waals surface area contributed by atoms with Crippen LogP contribution in [0.15, 0.2) is 24.3 Å². The average molecular weight is 374 g/mol. The van der Waals surface area contributed by atoms with Crippen LogP contribution in [-0.2, 0) is 11.2 Å². The van der Waals surface area contributed by atoms with E-state index in [1.165, 1.54) is 0 Å². The van der Waals surface area contributed by atoms with E-state index in [2.05, 4.69) is 51.9 Å². The maximum Gasteiger partial charge on any atom is 0.307 e. The number of aliphatic carboxylic acids is 1. The van der Waals surface area contributed by atoms with E-state index in [9.17, 15) is 9.90 Å². The van der Waals surface area contributed by atoms with E-state index in [0.717, 1.165) is 24.2 Å². The van der Waals surface area contributed by atoms with E-state index in [4.69, 9.17) is 0 Å². The molecule has 2 rings (SSSR count). The van der Waals surface area contributed by atoms with Crippen LogP contribution in [0.1, 0.15) is 44.0 Å². The Kier molecular flexibility index (Phi) is 7.72. The summed E-state index contributed by atoms with van der Waals surface area (Å²) in [7, 11) is 4.10. The van der Waals surface area contributed by atoms with Gasteiger partial charge in [0.25, 0.3) is 0 Å². The molecule has 2 aromatic rings. The highest BCUT2D eigenvalue weighted by atomic mass is 16.4. The van der Waals surface area contributed by atoms with Gasteiger partial charge in [0.05, 0.1) is 5.92 Å². The summed E-state index contributed by atoms with van der Waals surface area (Å²) in [5, 5.41) is 27.3. The largest absolute Gasteiger partial charge is 0.481 e. The lowest BCUT2D eigenvalue weighted by Crippen LogP contribution is -2.29. The van der Waals surface area contributed by atoms with E-state index in [1.807, 2.05) is 31.2 Å². The molecule has 1 heterocycles. The van der Waals surface area contributed by atoms with Crippen LogP contribution in [0.4, 0.5) is 5.69 Å². The van der Waals surface area contributed by atoms with Gasteiger partial charge in [0.1, 0.15) is 0 Å². The van der Waals surface area contributed by atoms with E-state index < -0.39 is 11.9 Å². The minimum Gasteiger partial charge on any atom is -0.481 e. The van der Waals surface area contributed by atoms with Crippen molar-refractivity contribution >= 4 is 11.7 Å². The minimum atomic E-state index is -0.817. The Morgan fingerprint density at radius 3 is 2.52 bits per heavy atom. The first kappa shape index (κ1) is 20.8. The molecule has 1 aromatic carbocycles. The second-order valence-electron chi connectivity index (χ2n) is 7.32. The van der Waals surface area contributed by atoms with Gasteiger partial charge in [0.15, 0.2) is 5.82 Å². The summed E-state index contributed by atoms with van der Waals surface area (Å²) in [6.07, 6.45) is 1.93. The zero-order valence-corrected chi connectivity index (χ0v) is 16.5. The molecule has 0 aliphatic carbocycles. The summed E-state index contributed by atoms with van der Waals surface area (Å²) in [6.45, 7) is 5.07. The van der Waals surface area contributed by atoms with Gasteiger partial charge in [-0.2, -0.15) is 5.21 Å². The Morgan fingerprint density at radius 2 is 2.00 bits per heavy atom. The fourth-order valence-corrected chi connectivity index (χ4v) is 3.42. The first-order valence-corrected chi connectivity index (χ1v) is 9.37. The highest BCUT2D eigenvalue weighted by molar-refractivity contribution is 5.71. The van der Waals surface area contributed by atoms with Crippen LogP contribution >= 0.6 is 0 Å². The third-order valence-electron chi connectivity index (χ3n) is 4.56. The number of benzene rings is 1. The molecule has 8 nitrogen and oxygen atoms in total. The topological polar surface area (TPSA) is 107 Å². The molecule has 3 unspecified atom stereocenters. The van der Waals surface area contributed by atoms with Gasteiger partial charge in [-0.3, -0.25) is 4.79 Å². The standard InChI is InChI=1S/C19H30N6O2/c1-5-6-16(19(26)27)17(18-21-23-24-22-18)11-14-7-9-15(10-8-14)20-13(2)12-25(3)4/h7-10,13,16-17,20H,5-6,11-12H2,1-4H3,(H,26,27)(H,21,22,23,24). The number of carboxylic acid groups (broad SMARTS) is 1. The van der Waals surface area contributed by atoms with Crippen molar-refractivity contribution in [1.82, 2.24) is 25.5 Å². The molecule has 0 aliphatic heterocycles. The van der Waals surface area contributed by atoms with Crippen LogP contribution in [-0.4, -0.2) is 63.3 Å². The maximum absolute atomic E-state index is 11.8. The second kappa shape index (κ2) is 10.0. The fraction of sp³-hybridized carbons (Fsp3) is 0.579. The molecule has 0 radical (unpaired) electrons. The van der Waals surface area contributed by atoms with Crippen LogP contribution in [0, 0.1) is 5.92 Å². The van der Waals surface area contributed by atoms with Crippen LogP contribution in [0.25, 0.3) is 0 Å². The first-order chi connectivity index (χ1) is 12.9. The smallest absolute Gasteiger partial charge is 0.307 e. The number of hydrogen-bond acceptors (Lipinski definition) is 6. The molecule has 3 atom stereocenters. The third-order valence-corrected chi connectivity index (χ3v) is 4.56. The van der Waals surface area contributed by atoms with Gasteiger partial charge in [0.2, 0.25) is 0 Å². The van der Waals surface area contributed by atoms with Crippen molar-refractivity contribution in [2.24, 2.45) is 5.92 Å². The van der Waals surface area contributed by atoms with Gasteiger partial charge in [0, 0.05) is 24.2 Å². The molecule has 0 amide bonds. The summed E-state index contributed by atoms with van der Waals surface area (Å²) < 4.78 is 0. The number of H-pyrrole nitrogens is 1. The number of aromatic nitrogens is 4. The van der Waals surface area contributed by atoms with Crippen molar-refractivity contribution in [2.45, 2.75) is 45.1 Å². The minimum absolute atomic E-state index is 0.312. The molecule has 0 fully saturated rings. The summed E-state index contributed by atoms with van der Waals surface area (Å²) >= 11 is 0. The zero-order valence-electron chi connectivity index (χ0n) is 16.5. The van der Waals surface area contributed by atoms with Crippen LogP contribution in [0.5, 0.6) is 0 Å².